The molecule has 0 fully saturated rings. The van der Waals surface area contributed by atoms with Crippen LogP contribution in [0.4, 0.5) is 0 Å². The number of para-hydroxylation sites is 1. The van der Waals surface area contributed by atoms with Crippen LogP contribution < -0.4 is 5.56 Å². The lowest BCUT2D eigenvalue weighted by Gasteiger charge is -2.11. The Morgan fingerprint density at radius 1 is 0.611 bits per heavy atom. The zero-order chi connectivity index (χ0) is 23.8. The average molecular weight is 463 g/mol. The minimum absolute atomic E-state index is 0.0515. The predicted octanol–water partition coefficient (Wildman–Crippen LogP) is 7.67. The first-order chi connectivity index (χ1) is 17.8. The van der Waals surface area contributed by atoms with Crippen LogP contribution in [-0.2, 0) is 0 Å². The van der Waals surface area contributed by atoms with Gasteiger partial charge in [-0.1, -0.05) is 78.9 Å². The molecular weight excluding hydrogens is 444 g/mol. The molecule has 3 heterocycles. The van der Waals surface area contributed by atoms with Crippen molar-refractivity contribution in [3.63, 3.8) is 0 Å². The molecule has 5 aromatic carbocycles. The van der Waals surface area contributed by atoms with Crippen molar-refractivity contribution in [1.29, 1.82) is 0 Å². The summed E-state index contributed by atoms with van der Waals surface area (Å²) < 4.78 is 7.97. The first kappa shape index (κ1) is 19.4. The number of furan rings is 1. The van der Waals surface area contributed by atoms with Crippen LogP contribution in [0.15, 0.2) is 118 Å². The molecule has 0 radical (unpaired) electrons. The van der Waals surface area contributed by atoms with E-state index in [2.05, 4.69) is 30.3 Å². The molecule has 0 amide bonds. The van der Waals surface area contributed by atoms with Gasteiger partial charge in [-0.2, -0.15) is 0 Å². The van der Waals surface area contributed by atoms with Crippen LogP contribution in [0.1, 0.15) is 0 Å². The monoisotopic (exact) mass is 462 g/mol. The van der Waals surface area contributed by atoms with Crippen molar-refractivity contribution >= 4 is 49.1 Å². The summed E-state index contributed by atoms with van der Waals surface area (Å²) in [5.74, 6) is 0.663. The van der Waals surface area contributed by atoms with Gasteiger partial charge in [-0.3, -0.25) is 9.20 Å². The van der Waals surface area contributed by atoms with E-state index in [-0.39, 0.29) is 5.56 Å². The van der Waals surface area contributed by atoms with Crippen LogP contribution in [0.3, 0.4) is 0 Å². The number of imidazole rings is 1. The number of benzene rings is 5. The summed E-state index contributed by atoms with van der Waals surface area (Å²) >= 11 is 0. The molecule has 4 heteroatoms. The third-order valence-electron chi connectivity index (χ3n) is 7.17. The first-order valence-corrected chi connectivity index (χ1v) is 11.9. The van der Waals surface area contributed by atoms with Crippen molar-refractivity contribution in [2.45, 2.75) is 0 Å². The summed E-state index contributed by atoms with van der Waals surface area (Å²) in [5, 5.41) is 4.83. The lowest BCUT2D eigenvalue weighted by atomic mass is 9.95. The van der Waals surface area contributed by atoms with E-state index in [9.17, 15) is 4.79 Å². The quantitative estimate of drug-likeness (QED) is 0.248. The Kier molecular flexibility index (Phi) is 3.78. The molecule has 0 saturated heterocycles. The second-order valence-corrected chi connectivity index (χ2v) is 9.15. The molecule has 0 saturated carbocycles. The summed E-state index contributed by atoms with van der Waals surface area (Å²) in [6, 6.07) is 36.3. The van der Waals surface area contributed by atoms with Crippen molar-refractivity contribution in [2.24, 2.45) is 0 Å². The Balaban J connectivity index is 1.52. The van der Waals surface area contributed by atoms with E-state index >= 15 is 0 Å². The van der Waals surface area contributed by atoms with Gasteiger partial charge in [-0.25, -0.2) is 4.98 Å². The highest BCUT2D eigenvalue weighted by Gasteiger charge is 2.21. The molecule has 0 atom stereocenters. The fraction of sp³-hybridized carbons (Fsp3) is 0. The number of fused-ring (bicyclic) bond motifs is 5. The summed E-state index contributed by atoms with van der Waals surface area (Å²) in [4.78, 5) is 18.7. The van der Waals surface area contributed by atoms with Gasteiger partial charge in [-0.05, 0) is 46.8 Å². The predicted molar refractivity (Wildman–Crippen MR) is 146 cm³/mol. The molecule has 8 rings (SSSR count). The Hall–Kier alpha value is -4.96. The van der Waals surface area contributed by atoms with Crippen molar-refractivity contribution < 1.29 is 4.42 Å². The molecule has 0 bridgehead atoms. The lowest BCUT2D eigenvalue weighted by Crippen LogP contribution is -2.14. The highest BCUT2D eigenvalue weighted by atomic mass is 16.3. The topological polar surface area (TPSA) is 47.5 Å². The Bertz CT molecular complexity index is 2170. The minimum atomic E-state index is -0.0515. The molecule has 0 N–H and O–H groups in total. The van der Waals surface area contributed by atoms with Crippen LogP contribution in [0.25, 0.3) is 71.6 Å². The number of rotatable bonds is 2. The van der Waals surface area contributed by atoms with Crippen LogP contribution in [0.2, 0.25) is 0 Å². The zero-order valence-electron chi connectivity index (χ0n) is 19.1. The molecule has 0 aliphatic carbocycles. The largest absolute Gasteiger partial charge is 0.456 e. The molecule has 0 unspecified atom stereocenters. The Morgan fingerprint density at radius 3 is 2.19 bits per heavy atom. The fourth-order valence-electron chi connectivity index (χ4n) is 5.56. The maximum atomic E-state index is 13.8. The minimum Gasteiger partial charge on any atom is -0.456 e. The van der Waals surface area contributed by atoms with E-state index in [0.717, 1.165) is 60.4 Å². The highest BCUT2D eigenvalue weighted by molar-refractivity contribution is 6.18. The molecular formula is C32H18N2O2. The van der Waals surface area contributed by atoms with Gasteiger partial charge in [0, 0.05) is 27.1 Å². The fourth-order valence-corrected chi connectivity index (χ4v) is 5.56. The van der Waals surface area contributed by atoms with Gasteiger partial charge in [0.05, 0.1) is 11.0 Å². The normalized spacial score (nSPS) is 12.0. The van der Waals surface area contributed by atoms with Gasteiger partial charge in [0.2, 0.25) is 0 Å². The number of aromatic nitrogens is 2. The number of pyridine rings is 1. The third kappa shape index (κ3) is 2.53. The maximum Gasteiger partial charge on any atom is 0.264 e. The molecule has 0 spiro atoms. The molecule has 168 valence electrons. The molecule has 4 nitrogen and oxygen atoms in total. The second kappa shape index (κ2) is 7.03. The average Bonchev–Trinajstić information content (AvgIpc) is 3.51. The van der Waals surface area contributed by atoms with Crippen molar-refractivity contribution in [2.75, 3.05) is 0 Å². The van der Waals surface area contributed by atoms with Gasteiger partial charge in [-0.15, -0.1) is 0 Å². The molecule has 36 heavy (non-hydrogen) atoms. The van der Waals surface area contributed by atoms with E-state index < -0.39 is 0 Å². The smallest absolute Gasteiger partial charge is 0.264 e. The van der Waals surface area contributed by atoms with Crippen molar-refractivity contribution in [3.8, 4) is 22.5 Å². The molecule has 3 aromatic heterocycles. The number of nitrogens with zero attached hydrogens (tertiary/aromatic N) is 2. The highest BCUT2D eigenvalue weighted by Crippen LogP contribution is 2.39. The van der Waals surface area contributed by atoms with E-state index in [1.165, 1.54) is 0 Å². The maximum absolute atomic E-state index is 13.8. The number of hydrogen-bond acceptors (Lipinski definition) is 3. The van der Waals surface area contributed by atoms with Crippen molar-refractivity contribution in [3.05, 3.63) is 120 Å². The van der Waals surface area contributed by atoms with Gasteiger partial charge in [0.15, 0.2) is 0 Å². The summed E-state index contributed by atoms with van der Waals surface area (Å²) in [5.41, 5.74) is 6.33. The summed E-state index contributed by atoms with van der Waals surface area (Å²) in [6.45, 7) is 0. The molecule has 8 aromatic rings. The van der Waals surface area contributed by atoms with Crippen LogP contribution in [0, 0.1) is 0 Å². The van der Waals surface area contributed by atoms with Crippen LogP contribution >= 0.6 is 0 Å². The number of hydrogen-bond donors (Lipinski definition) is 0. The Labute approximate surface area is 205 Å². The van der Waals surface area contributed by atoms with Gasteiger partial charge >= 0.3 is 0 Å². The standard InChI is InChI=1S/C32H18N2O2/c35-32-25-12-5-4-11-24(25)29-21(20-14-15-23-22-10-6-7-13-27(22)36-28(23)18-20)16-17-26-30(29)34(32)31(33-26)19-8-2-1-3-9-19/h1-18H. The second-order valence-electron chi connectivity index (χ2n) is 9.15. The van der Waals surface area contributed by atoms with Gasteiger partial charge < -0.3 is 4.42 Å². The SMILES string of the molecule is O=c1c2ccccc2c2c(-c3ccc4c(c3)oc3ccccc34)ccc3nc(-c4ccccc4)n1c32. The van der Waals surface area contributed by atoms with Crippen LogP contribution in [-0.4, -0.2) is 9.38 Å². The zero-order valence-corrected chi connectivity index (χ0v) is 19.1. The Morgan fingerprint density at radius 2 is 1.33 bits per heavy atom. The van der Waals surface area contributed by atoms with E-state index in [1.807, 2.05) is 78.9 Å². The first-order valence-electron chi connectivity index (χ1n) is 11.9. The summed E-state index contributed by atoms with van der Waals surface area (Å²) in [7, 11) is 0. The third-order valence-corrected chi connectivity index (χ3v) is 7.17. The molecule has 0 aliphatic rings. The van der Waals surface area contributed by atoms with Crippen molar-refractivity contribution in [1.82, 2.24) is 9.38 Å². The molecule has 0 aliphatic heterocycles. The van der Waals surface area contributed by atoms with Gasteiger partial charge in [0.1, 0.15) is 17.0 Å². The summed E-state index contributed by atoms with van der Waals surface area (Å²) in [6.07, 6.45) is 0. The van der Waals surface area contributed by atoms with E-state index in [1.54, 1.807) is 4.40 Å². The van der Waals surface area contributed by atoms with Crippen LogP contribution in [0.5, 0.6) is 0 Å². The lowest BCUT2D eigenvalue weighted by molar-refractivity contribution is 0.669. The van der Waals surface area contributed by atoms with E-state index in [0.29, 0.717) is 11.2 Å². The van der Waals surface area contributed by atoms with E-state index in [4.69, 9.17) is 9.40 Å². The van der Waals surface area contributed by atoms with Gasteiger partial charge in [0.25, 0.3) is 5.56 Å².